The molecular weight excluding hydrogens is 126 g/mol. The molecule has 0 aromatic carbocycles. The van der Waals surface area contributed by atoms with Crippen molar-refractivity contribution in [1.82, 2.24) is 4.90 Å². The molecule has 0 spiro atoms. The summed E-state index contributed by atoms with van der Waals surface area (Å²) in [5.74, 6) is 0.116. The van der Waals surface area contributed by atoms with Gasteiger partial charge in [-0.05, 0) is 13.8 Å². The normalized spacial score (nSPS) is 9.10. The van der Waals surface area contributed by atoms with Crippen molar-refractivity contribution in [2.75, 3.05) is 13.1 Å². The SMILES string of the molecule is C=C(C)CN(CC)C(C)=O. The highest BCUT2D eigenvalue weighted by atomic mass is 16.2. The molecule has 0 saturated carbocycles. The number of carbonyl (C=O) groups is 1. The first-order valence-electron chi connectivity index (χ1n) is 3.47. The lowest BCUT2D eigenvalue weighted by molar-refractivity contribution is -0.128. The van der Waals surface area contributed by atoms with Gasteiger partial charge in [0, 0.05) is 20.0 Å². The molecule has 0 N–H and O–H groups in total. The predicted molar refractivity (Wildman–Crippen MR) is 42.7 cm³/mol. The van der Waals surface area contributed by atoms with E-state index in [-0.39, 0.29) is 5.91 Å². The van der Waals surface area contributed by atoms with E-state index in [2.05, 4.69) is 6.58 Å². The van der Waals surface area contributed by atoms with Crippen LogP contribution in [0, 0.1) is 0 Å². The van der Waals surface area contributed by atoms with E-state index in [4.69, 9.17) is 0 Å². The molecule has 0 aromatic heterocycles. The van der Waals surface area contributed by atoms with Gasteiger partial charge in [-0.25, -0.2) is 0 Å². The fourth-order valence-electron chi connectivity index (χ4n) is 0.772. The van der Waals surface area contributed by atoms with Gasteiger partial charge in [-0.15, -0.1) is 0 Å². The van der Waals surface area contributed by atoms with Crippen molar-refractivity contribution in [3.05, 3.63) is 12.2 Å². The molecule has 0 saturated heterocycles. The molecule has 0 radical (unpaired) electrons. The maximum Gasteiger partial charge on any atom is 0.219 e. The summed E-state index contributed by atoms with van der Waals surface area (Å²) in [6.45, 7) is 10.6. The minimum atomic E-state index is 0.116. The molecule has 0 aliphatic carbocycles. The zero-order valence-corrected chi connectivity index (χ0v) is 6.98. The maximum absolute atomic E-state index is 10.8. The van der Waals surface area contributed by atoms with Gasteiger partial charge in [-0.3, -0.25) is 4.79 Å². The summed E-state index contributed by atoms with van der Waals surface area (Å²) in [4.78, 5) is 12.5. The second kappa shape index (κ2) is 4.09. The van der Waals surface area contributed by atoms with Gasteiger partial charge >= 0.3 is 0 Å². The van der Waals surface area contributed by atoms with Crippen molar-refractivity contribution < 1.29 is 4.79 Å². The quantitative estimate of drug-likeness (QED) is 0.544. The van der Waals surface area contributed by atoms with Crippen molar-refractivity contribution in [3.8, 4) is 0 Å². The van der Waals surface area contributed by atoms with Gasteiger partial charge in [0.05, 0.1) is 0 Å². The molecule has 10 heavy (non-hydrogen) atoms. The van der Waals surface area contributed by atoms with E-state index in [9.17, 15) is 4.79 Å². The van der Waals surface area contributed by atoms with Crippen LogP contribution < -0.4 is 0 Å². The first-order chi connectivity index (χ1) is 4.57. The van der Waals surface area contributed by atoms with E-state index in [0.717, 1.165) is 12.1 Å². The van der Waals surface area contributed by atoms with Crippen LogP contribution in [-0.2, 0) is 4.79 Å². The Labute approximate surface area is 62.5 Å². The van der Waals surface area contributed by atoms with Gasteiger partial charge in [-0.2, -0.15) is 0 Å². The molecule has 2 nitrogen and oxygen atoms in total. The smallest absolute Gasteiger partial charge is 0.219 e. The number of rotatable bonds is 3. The van der Waals surface area contributed by atoms with Crippen LogP contribution in [-0.4, -0.2) is 23.9 Å². The molecule has 0 atom stereocenters. The van der Waals surface area contributed by atoms with E-state index >= 15 is 0 Å². The molecule has 0 fully saturated rings. The second-order valence-corrected chi connectivity index (χ2v) is 2.49. The van der Waals surface area contributed by atoms with Gasteiger partial charge in [-0.1, -0.05) is 12.2 Å². The van der Waals surface area contributed by atoms with E-state index < -0.39 is 0 Å². The topological polar surface area (TPSA) is 20.3 Å². The first kappa shape index (κ1) is 9.21. The zero-order valence-electron chi connectivity index (χ0n) is 6.98. The van der Waals surface area contributed by atoms with Gasteiger partial charge < -0.3 is 4.90 Å². The number of nitrogens with zero attached hydrogens (tertiary/aromatic N) is 1. The Morgan fingerprint density at radius 2 is 2.00 bits per heavy atom. The molecule has 58 valence electrons. The zero-order chi connectivity index (χ0) is 8.15. The predicted octanol–water partition coefficient (Wildman–Crippen LogP) is 1.43. The van der Waals surface area contributed by atoms with Crippen LogP contribution in [0.4, 0.5) is 0 Å². The highest BCUT2D eigenvalue weighted by Crippen LogP contribution is 1.94. The second-order valence-electron chi connectivity index (χ2n) is 2.49. The van der Waals surface area contributed by atoms with Gasteiger partial charge in [0.25, 0.3) is 0 Å². The summed E-state index contributed by atoms with van der Waals surface area (Å²) < 4.78 is 0. The van der Waals surface area contributed by atoms with Crippen molar-refractivity contribution in [2.45, 2.75) is 20.8 Å². The Morgan fingerprint density at radius 3 is 2.10 bits per heavy atom. The Hall–Kier alpha value is -0.790. The summed E-state index contributed by atoms with van der Waals surface area (Å²) in [5, 5.41) is 0. The highest BCUT2D eigenvalue weighted by molar-refractivity contribution is 5.73. The molecule has 1 amide bonds. The van der Waals surface area contributed by atoms with Crippen LogP contribution >= 0.6 is 0 Å². The Balaban J connectivity index is 3.83. The molecule has 0 bridgehead atoms. The number of hydrogen-bond acceptors (Lipinski definition) is 1. The van der Waals surface area contributed by atoms with Crippen LogP contribution in [0.2, 0.25) is 0 Å². The van der Waals surface area contributed by atoms with Crippen LogP contribution in [0.3, 0.4) is 0 Å². The minimum Gasteiger partial charge on any atom is -0.339 e. The third-order valence-electron chi connectivity index (χ3n) is 1.29. The number of carbonyl (C=O) groups excluding carboxylic acids is 1. The summed E-state index contributed by atoms with van der Waals surface area (Å²) in [6, 6.07) is 0. The van der Waals surface area contributed by atoms with Gasteiger partial charge in [0.15, 0.2) is 0 Å². The number of amides is 1. The summed E-state index contributed by atoms with van der Waals surface area (Å²) in [5.41, 5.74) is 1.03. The van der Waals surface area contributed by atoms with Crippen LogP contribution in [0.25, 0.3) is 0 Å². The molecule has 0 aliphatic heterocycles. The third kappa shape index (κ3) is 3.28. The van der Waals surface area contributed by atoms with Crippen molar-refractivity contribution in [3.63, 3.8) is 0 Å². The van der Waals surface area contributed by atoms with E-state index in [1.54, 1.807) is 11.8 Å². The lowest BCUT2D eigenvalue weighted by atomic mass is 10.3. The molecule has 0 rings (SSSR count). The minimum absolute atomic E-state index is 0.116. The fraction of sp³-hybridized carbons (Fsp3) is 0.625. The van der Waals surface area contributed by atoms with E-state index in [1.807, 2.05) is 13.8 Å². The number of likely N-dealkylation sites (N-methyl/N-ethyl adjacent to an activating group) is 1. The molecule has 0 unspecified atom stereocenters. The molecule has 0 aliphatic rings. The number of hydrogen-bond donors (Lipinski definition) is 0. The summed E-state index contributed by atoms with van der Waals surface area (Å²) in [7, 11) is 0. The Bertz CT molecular complexity index is 140. The molecule has 0 heterocycles. The van der Waals surface area contributed by atoms with Crippen LogP contribution in [0.5, 0.6) is 0 Å². The lowest BCUT2D eigenvalue weighted by Gasteiger charge is -2.18. The molecule has 0 aromatic rings. The van der Waals surface area contributed by atoms with Gasteiger partial charge in [0.1, 0.15) is 0 Å². The summed E-state index contributed by atoms with van der Waals surface area (Å²) in [6.07, 6.45) is 0. The molecule has 2 heteroatoms. The standard InChI is InChI=1S/C8H15NO/c1-5-9(8(4)10)6-7(2)3/h2,5-6H2,1,3-4H3. The first-order valence-corrected chi connectivity index (χ1v) is 3.47. The summed E-state index contributed by atoms with van der Waals surface area (Å²) >= 11 is 0. The Morgan fingerprint density at radius 1 is 1.50 bits per heavy atom. The highest BCUT2D eigenvalue weighted by Gasteiger charge is 2.03. The largest absolute Gasteiger partial charge is 0.339 e. The monoisotopic (exact) mass is 141 g/mol. The van der Waals surface area contributed by atoms with Crippen molar-refractivity contribution >= 4 is 5.91 Å². The van der Waals surface area contributed by atoms with Gasteiger partial charge in [0.2, 0.25) is 5.91 Å². The van der Waals surface area contributed by atoms with E-state index in [1.165, 1.54) is 0 Å². The van der Waals surface area contributed by atoms with Crippen molar-refractivity contribution in [2.24, 2.45) is 0 Å². The average Bonchev–Trinajstić information content (AvgIpc) is 1.81. The van der Waals surface area contributed by atoms with E-state index in [0.29, 0.717) is 6.54 Å². The third-order valence-corrected chi connectivity index (χ3v) is 1.29. The van der Waals surface area contributed by atoms with Crippen LogP contribution in [0.15, 0.2) is 12.2 Å². The maximum atomic E-state index is 10.8. The fourth-order valence-corrected chi connectivity index (χ4v) is 0.772. The Kier molecular flexibility index (Phi) is 3.77. The average molecular weight is 141 g/mol. The van der Waals surface area contributed by atoms with Crippen LogP contribution in [0.1, 0.15) is 20.8 Å². The molecular formula is C8H15NO. The lowest BCUT2D eigenvalue weighted by Crippen LogP contribution is -2.29. The van der Waals surface area contributed by atoms with Crippen molar-refractivity contribution in [1.29, 1.82) is 0 Å².